The van der Waals surface area contributed by atoms with Gasteiger partial charge in [-0.15, -0.1) is 0 Å². The van der Waals surface area contributed by atoms with E-state index in [-0.39, 0.29) is 23.5 Å². The van der Waals surface area contributed by atoms with Gasteiger partial charge in [0.15, 0.2) is 5.78 Å². The number of carbonyl (C=O) groups is 2. The first-order chi connectivity index (χ1) is 15.7. The van der Waals surface area contributed by atoms with E-state index in [0.717, 1.165) is 16.9 Å². The van der Waals surface area contributed by atoms with Gasteiger partial charge in [0.2, 0.25) is 0 Å². The van der Waals surface area contributed by atoms with Gasteiger partial charge in [0, 0.05) is 41.4 Å². The number of Topliss-reactive ketones (excluding diaryl/α,β-unsaturated/α-hetero) is 1. The molecule has 5 rings (SSSR count). The molecule has 2 aromatic carbocycles. The minimum atomic E-state index is -0.685. The standard InChI is InChI=1S/C26H24N2O5/c1-15-7-9-17(10-8-15)27-19-12-26(2,3)13-21(29)23(19)22(24-20(27)14-33-25(24)30)16-5-4-6-18(11-16)28(31)32/h4-11,22H,12-14H2,1-3H3. The second-order valence-electron chi connectivity index (χ2n) is 9.69. The largest absolute Gasteiger partial charge is 0.456 e. The van der Waals surface area contributed by atoms with Gasteiger partial charge >= 0.3 is 5.97 Å². The zero-order valence-corrected chi connectivity index (χ0v) is 18.8. The van der Waals surface area contributed by atoms with E-state index < -0.39 is 16.8 Å². The third-order valence-electron chi connectivity index (χ3n) is 6.59. The molecule has 0 fully saturated rings. The first-order valence-electron chi connectivity index (χ1n) is 10.9. The van der Waals surface area contributed by atoms with E-state index in [1.54, 1.807) is 12.1 Å². The Morgan fingerprint density at radius 2 is 1.76 bits per heavy atom. The minimum absolute atomic E-state index is 0.0406. The molecular formula is C26H24N2O5. The number of carbonyl (C=O) groups excluding carboxylic acids is 2. The van der Waals surface area contributed by atoms with E-state index >= 15 is 0 Å². The van der Waals surface area contributed by atoms with Gasteiger partial charge in [0.1, 0.15) is 6.61 Å². The fourth-order valence-electron chi connectivity index (χ4n) is 5.17. The number of nitro benzene ring substituents is 1. The van der Waals surface area contributed by atoms with Gasteiger partial charge in [-0.2, -0.15) is 0 Å². The number of nitrogens with zero attached hydrogens (tertiary/aromatic N) is 2. The zero-order valence-electron chi connectivity index (χ0n) is 18.8. The minimum Gasteiger partial charge on any atom is -0.456 e. The van der Waals surface area contributed by atoms with Crippen molar-refractivity contribution in [3.05, 3.63) is 92.3 Å². The van der Waals surface area contributed by atoms with Crippen LogP contribution in [0.4, 0.5) is 11.4 Å². The van der Waals surface area contributed by atoms with Crippen molar-refractivity contribution in [1.29, 1.82) is 0 Å². The molecule has 0 spiro atoms. The summed E-state index contributed by atoms with van der Waals surface area (Å²) in [6, 6.07) is 14.2. The molecule has 0 N–H and O–H groups in total. The first kappa shape index (κ1) is 21.1. The average Bonchev–Trinajstić information content (AvgIpc) is 3.13. The van der Waals surface area contributed by atoms with Gasteiger partial charge in [-0.1, -0.05) is 43.7 Å². The summed E-state index contributed by atoms with van der Waals surface area (Å²) in [5.41, 5.74) is 4.66. The highest BCUT2D eigenvalue weighted by atomic mass is 16.6. The van der Waals surface area contributed by atoms with Crippen LogP contribution in [-0.4, -0.2) is 23.3 Å². The SMILES string of the molecule is Cc1ccc(N2C3=C(C(=O)CC(C)(C)C3)C(c3cccc([N+](=O)[O-])c3)C3=C2COC3=O)cc1. The molecular weight excluding hydrogens is 420 g/mol. The van der Waals surface area contributed by atoms with Gasteiger partial charge in [0.25, 0.3) is 5.69 Å². The number of anilines is 1. The van der Waals surface area contributed by atoms with Crippen LogP contribution >= 0.6 is 0 Å². The topological polar surface area (TPSA) is 89.8 Å². The average molecular weight is 444 g/mol. The van der Waals surface area contributed by atoms with Crippen molar-refractivity contribution in [2.45, 2.75) is 39.5 Å². The highest BCUT2D eigenvalue weighted by Crippen LogP contribution is 2.52. The highest BCUT2D eigenvalue weighted by Gasteiger charge is 2.49. The molecule has 0 saturated carbocycles. The Morgan fingerprint density at radius 1 is 1.03 bits per heavy atom. The van der Waals surface area contributed by atoms with E-state index in [0.29, 0.717) is 35.2 Å². The number of esters is 1. The lowest BCUT2D eigenvalue weighted by molar-refractivity contribution is -0.384. The molecule has 7 heteroatoms. The van der Waals surface area contributed by atoms with E-state index in [9.17, 15) is 19.7 Å². The monoisotopic (exact) mass is 444 g/mol. The molecule has 0 aromatic heterocycles. The number of hydrogen-bond donors (Lipinski definition) is 0. The van der Waals surface area contributed by atoms with Crippen molar-refractivity contribution in [3.63, 3.8) is 0 Å². The molecule has 0 amide bonds. The molecule has 3 aliphatic rings. The van der Waals surface area contributed by atoms with Crippen LogP contribution in [0.1, 0.15) is 43.7 Å². The summed E-state index contributed by atoms with van der Waals surface area (Å²) >= 11 is 0. The summed E-state index contributed by atoms with van der Waals surface area (Å²) in [5, 5.41) is 11.4. The highest BCUT2D eigenvalue weighted by molar-refractivity contribution is 6.06. The Balaban J connectivity index is 1.78. The number of allylic oxidation sites excluding steroid dienone is 2. The molecule has 33 heavy (non-hydrogen) atoms. The van der Waals surface area contributed by atoms with Crippen molar-refractivity contribution in [2.75, 3.05) is 11.5 Å². The number of benzene rings is 2. The second-order valence-corrected chi connectivity index (χ2v) is 9.69. The van der Waals surface area contributed by atoms with E-state index in [2.05, 4.69) is 13.8 Å². The summed E-state index contributed by atoms with van der Waals surface area (Å²) < 4.78 is 5.47. The Hall–Kier alpha value is -3.74. The normalized spacial score (nSPS) is 21.7. The van der Waals surface area contributed by atoms with Crippen LogP contribution in [-0.2, 0) is 14.3 Å². The summed E-state index contributed by atoms with van der Waals surface area (Å²) in [5.74, 6) is -1.21. The Labute approximate surface area is 191 Å². The van der Waals surface area contributed by atoms with E-state index in [1.165, 1.54) is 12.1 Å². The Bertz CT molecular complexity index is 1270. The second kappa shape index (κ2) is 7.40. The first-order valence-corrected chi connectivity index (χ1v) is 10.9. The summed E-state index contributed by atoms with van der Waals surface area (Å²) in [6.07, 6.45) is 0.981. The van der Waals surface area contributed by atoms with Crippen LogP contribution in [0.2, 0.25) is 0 Å². The molecule has 168 valence electrons. The van der Waals surface area contributed by atoms with Crippen molar-refractivity contribution >= 4 is 23.1 Å². The zero-order chi connectivity index (χ0) is 23.5. The quantitative estimate of drug-likeness (QED) is 0.378. The van der Waals surface area contributed by atoms with Gasteiger partial charge in [0.05, 0.1) is 16.2 Å². The number of nitro groups is 1. The summed E-state index contributed by atoms with van der Waals surface area (Å²) in [6.45, 7) is 6.22. The predicted molar refractivity (Wildman–Crippen MR) is 123 cm³/mol. The van der Waals surface area contributed by atoms with E-state index in [4.69, 9.17) is 4.74 Å². The lowest BCUT2D eigenvalue weighted by atomic mass is 9.68. The third-order valence-corrected chi connectivity index (χ3v) is 6.59. The molecule has 2 heterocycles. The smallest absolute Gasteiger partial charge is 0.337 e. The maximum absolute atomic E-state index is 13.6. The summed E-state index contributed by atoms with van der Waals surface area (Å²) in [7, 11) is 0. The lowest BCUT2D eigenvalue weighted by Crippen LogP contribution is -2.40. The van der Waals surface area contributed by atoms with Crippen LogP contribution in [0.25, 0.3) is 0 Å². The van der Waals surface area contributed by atoms with Crippen molar-refractivity contribution in [1.82, 2.24) is 0 Å². The van der Waals surface area contributed by atoms with Gasteiger partial charge in [-0.05, 0) is 36.5 Å². The van der Waals surface area contributed by atoms with Crippen molar-refractivity contribution in [3.8, 4) is 0 Å². The number of cyclic esters (lactones) is 1. The molecule has 0 radical (unpaired) electrons. The van der Waals surface area contributed by atoms with Crippen molar-refractivity contribution in [2.24, 2.45) is 5.41 Å². The van der Waals surface area contributed by atoms with Crippen LogP contribution < -0.4 is 4.90 Å². The number of hydrogen-bond acceptors (Lipinski definition) is 6. The number of ether oxygens (including phenoxy) is 1. The number of aryl methyl sites for hydroxylation is 1. The Kier molecular flexibility index (Phi) is 4.74. The summed E-state index contributed by atoms with van der Waals surface area (Å²) in [4.78, 5) is 39.5. The molecule has 0 saturated heterocycles. The van der Waals surface area contributed by atoms with Gasteiger partial charge < -0.3 is 9.64 Å². The van der Waals surface area contributed by atoms with Crippen LogP contribution in [0.3, 0.4) is 0 Å². The molecule has 7 nitrogen and oxygen atoms in total. The predicted octanol–water partition coefficient (Wildman–Crippen LogP) is 4.96. The number of non-ortho nitro benzene ring substituents is 1. The van der Waals surface area contributed by atoms with Crippen molar-refractivity contribution < 1.29 is 19.2 Å². The third kappa shape index (κ3) is 3.44. The van der Waals surface area contributed by atoms with Crippen LogP contribution in [0.15, 0.2) is 71.1 Å². The van der Waals surface area contributed by atoms with Gasteiger partial charge in [-0.3, -0.25) is 14.9 Å². The molecule has 0 bridgehead atoms. The molecule has 1 aliphatic carbocycles. The number of ketones is 1. The fourth-order valence-corrected chi connectivity index (χ4v) is 5.17. The Morgan fingerprint density at radius 3 is 2.45 bits per heavy atom. The van der Waals surface area contributed by atoms with Crippen LogP contribution in [0, 0.1) is 22.5 Å². The fraction of sp³-hybridized carbons (Fsp3) is 0.308. The maximum Gasteiger partial charge on any atom is 0.337 e. The lowest BCUT2D eigenvalue weighted by Gasteiger charge is -2.43. The molecule has 2 aromatic rings. The van der Waals surface area contributed by atoms with Crippen LogP contribution in [0.5, 0.6) is 0 Å². The van der Waals surface area contributed by atoms with Gasteiger partial charge in [-0.25, -0.2) is 4.79 Å². The molecule has 1 unspecified atom stereocenters. The maximum atomic E-state index is 13.6. The number of rotatable bonds is 3. The van der Waals surface area contributed by atoms with E-state index in [1.807, 2.05) is 36.1 Å². The molecule has 2 aliphatic heterocycles. The molecule has 1 atom stereocenters.